The third kappa shape index (κ3) is 3.60. The molecule has 0 unspecified atom stereocenters. The van der Waals surface area contributed by atoms with Crippen LogP contribution in [0.1, 0.15) is 53.4 Å². The van der Waals surface area contributed by atoms with E-state index in [0.717, 1.165) is 23.3 Å². The first-order chi connectivity index (χ1) is 9.61. The van der Waals surface area contributed by atoms with Gasteiger partial charge in [0.15, 0.2) is 0 Å². The SMILES string of the molecule is CCOC(=O)c1c(C)csc1CC(=O)NC1CCCC1. The third-order valence-electron chi connectivity index (χ3n) is 3.57. The Kier molecular flexibility index (Phi) is 5.17. The summed E-state index contributed by atoms with van der Waals surface area (Å²) in [4.78, 5) is 24.8. The summed E-state index contributed by atoms with van der Waals surface area (Å²) < 4.78 is 5.06. The van der Waals surface area contributed by atoms with Gasteiger partial charge in [0, 0.05) is 10.9 Å². The number of hydrogen-bond donors (Lipinski definition) is 1. The van der Waals surface area contributed by atoms with E-state index in [1.807, 2.05) is 12.3 Å². The van der Waals surface area contributed by atoms with Crippen LogP contribution in [0.5, 0.6) is 0 Å². The lowest BCUT2D eigenvalue weighted by molar-refractivity contribution is -0.121. The molecule has 1 amide bonds. The first-order valence-corrected chi connectivity index (χ1v) is 8.03. The number of carbonyl (C=O) groups is 2. The quantitative estimate of drug-likeness (QED) is 0.850. The number of nitrogens with one attached hydrogen (secondary N) is 1. The molecule has 1 N–H and O–H groups in total. The number of amides is 1. The van der Waals surface area contributed by atoms with Gasteiger partial charge in [-0.3, -0.25) is 4.79 Å². The van der Waals surface area contributed by atoms with E-state index in [2.05, 4.69) is 5.32 Å². The van der Waals surface area contributed by atoms with Gasteiger partial charge >= 0.3 is 5.97 Å². The molecule has 1 aliphatic rings. The Labute approximate surface area is 123 Å². The summed E-state index contributed by atoms with van der Waals surface area (Å²) in [6.07, 6.45) is 4.79. The van der Waals surface area contributed by atoms with Crippen LogP contribution in [0.4, 0.5) is 0 Å². The summed E-state index contributed by atoms with van der Waals surface area (Å²) in [5, 5.41) is 4.96. The van der Waals surface area contributed by atoms with Crippen molar-refractivity contribution in [2.45, 2.75) is 52.0 Å². The van der Waals surface area contributed by atoms with Crippen LogP contribution < -0.4 is 5.32 Å². The van der Waals surface area contributed by atoms with Crippen molar-refractivity contribution in [3.8, 4) is 0 Å². The first kappa shape index (κ1) is 15.0. The summed E-state index contributed by atoms with van der Waals surface area (Å²) in [5.41, 5.74) is 1.45. The maximum Gasteiger partial charge on any atom is 0.339 e. The maximum atomic E-state index is 12.1. The Hall–Kier alpha value is -1.36. The average Bonchev–Trinajstić information content (AvgIpc) is 3.00. The molecule has 0 atom stereocenters. The number of hydrogen-bond acceptors (Lipinski definition) is 4. The second-order valence-corrected chi connectivity index (χ2v) is 6.13. The van der Waals surface area contributed by atoms with Crippen molar-refractivity contribution in [2.75, 3.05) is 6.61 Å². The van der Waals surface area contributed by atoms with Gasteiger partial charge in [0.25, 0.3) is 0 Å². The molecule has 0 spiro atoms. The molecule has 0 aliphatic heterocycles. The standard InChI is InChI=1S/C15H21NO3S/c1-3-19-15(18)14-10(2)9-20-12(14)8-13(17)16-11-6-4-5-7-11/h9,11H,3-8H2,1-2H3,(H,16,17). The fourth-order valence-electron chi connectivity index (χ4n) is 2.60. The zero-order valence-corrected chi connectivity index (χ0v) is 12.8. The van der Waals surface area contributed by atoms with Gasteiger partial charge in [-0.05, 0) is 37.6 Å². The minimum absolute atomic E-state index is 0.00398. The van der Waals surface area contributed by atoms with Crippen LogP contribution in [0, 0.1) is 6.92 Å². The normalized spacial score (nSPS) is 15.3. The molecular formula is C15H21NO3S. The Balaban J connectivity index is 2.01. The summed E-state index contributed by atoms with van der Waals surface area (Å²) in [7, 11) is 0. The second-order valence-electron chi connectivity index (χ2n) is 5.16. The van der Waals surface area contributed by atoms with Crippen LogP contribution in [-0.4, -0.2) is 24.5 Å². The molecule has 1 heterocycles. The van der Waals surface area contributed by atoms with Gasteiger partial charge in [0.1, 0.15) is 0 Å². The largest absolute Gasteiger partial charge is 0.462 e. The van der Waals surface area contributed by atoms with E-state index >= 15 is 0 Å². The van der Waals surface area contributed by atoms with E-state index in [1.54, 1.807) is 6.92 Å². The lowest BCUT2D eigenvalue weighted by Crippen LogP contribution is -2.33. The van der Waals surface area contributed by atoms with Crippen molar-refractivity contribution in [1.29, 1.82) is 0 Å². The first-order valence-electron chi connectivity index (χ1n) is 7.15. The summed E-state index contributed by atoms with van der Waals surface area (Å²) in [5.74, 6) is -0.320. The van der Waals surface area contributed by atoms with E-state index in [9.17, 15) is 9.59 Å². The number of rotatable bonds is 5. The van der Waals surface area contributed by atoms with Gasteiger partial charge in [-0.2, -0.15) is 0 Å². The number of carbonyl (C=O) groups excluding carboxylic acids is 2. The predicted molar refractivity (Wildman–Crippen MR) is 79.1 cm³/mol. The van der Waals surface area contributed by atoms with Crippen LogP contribution in [0.3, 0.4) is 0 Å². The lowest BCUT2D eigenvalue weighted by Gasteiger charge is -2.12. The van der Waals surface area contributed by atoms with Crippen molar-refractivity contribution >= 4 is 23.2 Å². The molecule has 1 saturated carbocycles. The number of aryl methyl sites for hydroxylation is 1. The van der Waals surface area contributed by atoms with Crippen LogP contribution >= 0.6 is 11.3 Å². The highest BCUT2D eigenvalue weighted by atomic mass is 32.1. The molecule has 1 fully saturated rings. The molecule has 0 aromatic carbocycles. The zero-order chi connectivity index (χ0) is 14.5. The Morgan fingerprint density at radius 1 is 1.40 bits per heavy atom. The monoisotopic (exact) mass is 295 g/mol. The van der Waals surface area contributed by atoms with E-state index in [4.69, 9.17) is 4.74 Å². The molecule has 5 heteroatoms. The smallest absolute Gasteiger partial charge is 0.339 e. The highest BCUT2D eigenvalue weighted by Crippen LogP contribution is 2.24. The van der Waals surface area contributed by atoms with Crippen LogP contribution in [0.2, 0.25) is 0 Å². The molecule has 0 saturated heterocycles. The molecule has 1 aliphatic carbocycles. The number of esters is 1. The minimum Gasteiger partial charge on any atom is -0.462 e. The summed E-state index contributed by atoms with van der Waals surface area (Å²) >= 11 is 1.45. The van der Waals surface area contributed by atoms with Gasteiger partial charge in [-0.15, -0.1) is 11.3 Å². The van der Waals surface area contributed by atoms with Gasteiger partial charge in [-0.25, -0.2) is 4.79 Å². The third-order valence-corrected chi connectivity index (χ3v) is 4.68. The molecule has 20 heavy (non-hydrogen) atoms. The average molecular weight is 295 g/mol. The van der Waals surface area contributed by atoms with E-state index < -0.39 is 0 Å². The minimum atomic E-state index is -0.324. The van der Waals surface area contributed by atoms with E-state index in [-0.39, 0.29) is 18.3 Å². The molecule has 0 radical (unpaired) electrons. The molecule has 0 bridgehead atoms. The predicted octanol–water partition coefficient (Wildman–Crippen LogP) is 2.83. The molecule has 2 rings (SSSR count). The highest BCUT2D eigenvalue weighted by molar-refractivity contribution is 7.10. The molecule has 110 valence electrons. The zero-order valence-electron chi connectivity index (χ0n) is 12.0. The van der Waals surface area contributed by atoms with Crippen LogP contribution in [0.15, 0.2) is 5.38 Å². The van der Waals surface area contributed by atoms with Gasteiger partial charge in [0.2, 0.25) is 5.91 Å². The molecule has 4 nitrogen and oxygen atoms in total. The van der Waals surface area contributed by atoms with Gasteiger partial charge in [0.05, 0.1) is 18.6 Å². The van der Waals surface area contributed by atoms with Crippen molar-refractivity contribution in [2.24, 2.45) is 0 Å². The molecule has 1 aromatic rings. The lowest BCUT2D eigenvalue weighted by atomic mass is 10.1. The number of thiophene rings is 1. The van der Waals surface area contributed by atoms with Crippen molar-refractivity contribution in [3.63, 3.8) is 0 Å². The Morgan fingerprint density at radius 3 is 2.75 bits per heavy atom. The van der Waals surface area contributed by atoms with Crippen LogP contribution in [0.25, 0.3) is 0 Å². The fourth-order valence-corrected chi connectivity index (χ4v) is 3.61. The second kappa shape index (κ2) is 6.88. The summed E-state index contributed by atoms with van der Waals surface area (Å²) in [6, 6.07) is 0.314. The fraction of sp³-hybridized carbons (Fsp3) is 0.600. The van der Waals surface area contributed by atoms with Gasteiger partial charge in [-0.1, -0.05) is 12.8 Å². The topological polar surface area (TPSA) is 55.4 Å². The molecular weight excluding hydrogens is 274 g/mol. The number of ether oxygens (including phenoxy) is 1. The van der Waals surface area contributed by atoms with Crippen molar-refractivity contribution < 1.29 is 14.3 Å². The van der Waals surface area contributed by atoms with E-state index in [0.29, 0.717) is 18.2 Å². The Bertz CT molecular complexity index is 489. The highest BCUT2D eigenvalue weighted by Gasteiger charge is 2.22. The van der Waals surface area contributed by atoms with Gasteiger partial charge < -0.3 is 10.1 Å². The molecule has 1 aromatic heterocycles. The van der Waals surface area contributed by atoms with Crippen molar-refractivity contribution in [3.05, 3.63) is 21.4 Å². The summed E-state index contributed by atoms with van der Waals surface area (Å²) in [6.45, 7) is 4.01. The van der Waals surface area contributed by atoms with Crippen molar-refractivity contribution in [1.82, 2.24) is 5.32 Å². The maximum absolute atomic E-state index is 12.1. The van der Waals surface area contributed by atoms with Crippen LogP contribution in [-0.2, 0) is 16.0 Å². The van der Waals surface area contributed by atoms with E-state index in [1.165, 1.54) is 24.2 Å². The Morgan fingerprint density at radius 2 is 2.10 bits per heavy atom.